The minimum absolute atomic E-state index is 0.155. The van der Waals surface area contributed by atoms with E-state index >= 15 is 0 Å². The van der Waals surface area contributed by atoms with Gasteiger partial charge in [-0.15, -0.1) is 0 Å². The van der Waals surface area contributed by atoms with E-state index in [1.807, 2.05) is 16.8 Å². The number of rotatable bonds is 5. The van der Waals surface area contributed by atoms with Crippen molar-refractivity contribution in [2.24, 2.45) is 5.92 Å². The Labute approximate surface area is 143 Å². The zero-order valence-electron chi connectivity index (χ0n) is 14.1. The fourth-order valence-corrected chi connectivity index (χ4v) is 3.44. The van der Waals surface area contributed by atoms with E-state index in [9.17, 15) is 4.79 Å². The Balaban J connectivity index is 1.33. The largest absolute Gasteiger partial charge is 0.369 e. The average Bonchev–Trinajstić information content (AvgIpc) is 3.43. The van der Waals surface area contributed by atoms with Crippen LogP contribution in [0.4, 0.5) is 5.69 Å². The number of anilines is 1. The Bertz CT molecular complexity index is 728. The number of hydrogen-bond donors (Lipinski definition) is 0. The number of benzene rings is 1. The molecular weight excluding hydrogens is 298 g/mol. The van der Waals surface area contributed by atoms with E-state index in [1.54, 1.807) is 0 Å². The zero-order chi connectivity index (χ0) is 16.4. The zero-order valence-corrected chi connectivity index (χ0v) is 14.1. The van der Waals surface area contributed by atoms with Crippen molar-refractivity contribution in [3.8, 4) is 0 Å². The molecule has 0 spiro atoms. The van der Waals surface area contributed by atoms with E-state index in [-0.39, 0.29) is 5.56 Å². The van der Waals surface area contributed by atoms with Gasteiger partial charge in [-0.1, -0.05) is 18.2 Å². The van der Waals surface area contributed by atoms with E-state index in [0.29, 0.717) is 0 Å². The van der Waals surface area contributed by atoms with Crippen molar-refractivity contribution in [2.45, 2.75) is 25.9 Å². The first-order valence-electron chi connectivity index (χ1n) is 9.00. The molecule has 0 unspecified atom stereocenters. The number of aromatic nitrogens is 1. The van der Waals surface area contributed by atoms with Crippen LogP contribution >= 0.6 is 0 Å². The lowest BCUT2D eigenvalue weighted by Gasteiger charge is -2.36. The Morgan fingerprint density at radius 1 is 0.958 bits per heavy atom. The molecule has 0 bridgehead atoms. The Morgan fingerprint density at radius 2 is 1.71 bits per heavy atom. The first-order valence-corrected chi connectivity index (χ1v) is 9.00. The maximum atomic E-state index is 12.2. The molecule has 4 rings (SSSR count). The van der Waals surface area contributed by atoms with Gasteiger partial charge < -0.3 is 9.47 Å². The summed E-state index contributed by atoms with van der Waals surface area (Å²) in [5.74, 6) is 0.736. The number of pyridine rings is 1. The first-order chi connectivity index (χ1) is 11.8. The molecule has 2 fully saturated rings. The molecular formula is C20H25N3O. The van der Waals surface area contributed by atoms with Gasteiger partial charge in [0.1, 0.15) is 0 Å². The number of nitrogens with zero attached hydrogens (tertiary/aromatic N) is 3. The molecule has 4 nitrogen and oxygen atoms in total. The van der Waals surface area contributed by atoms with Gasteiger partial charge >= 0.3 is 0 Å². The third-order valence-electron chi connectivity index (χ3n) is 5.11. The van der Waals surface area contributed by atoms with Crippen molar-refractivity contribution in [1.29, 1.82) is 0 Å². The standard InChI is InChI=1S/C20H25N3O/c24-20-14-18(8-9-23(20)16-17-6-7-17)15-21-10-12-22(13-11-21)19-4-2-1-3-5-19/h1-5,8-9,14,17H,6-7,10-13,15-16H2. The maximum Gasteiger partial charge on any atom is 0.250 e. The monoisotopic (exact) mass is 323 g/mol. The lowest BCUT2D eigenvalue weighted by Crippen LogP contribution is -2.46. The SMILES string of the molecule is O=c1cc(CN2CCN(c3ccccc3)CC2)ccn1CC1CC1. The predicted octanol–water partition coefficient (Wildman–Crippen LogP) is 2.58. The summed E-state index contributed by atoms with van der Waals surface area (Å²) >= 11 is 0. The Hall–Kier alpha value is -2.07. The summed E-state index contributed by atoms with van der Waals surface area (Å²) in [6.45, 7) is 5.95. The summed E-state index contributed by atoms with van der Waals surface area (Å²) in [5, 5.41) is 0. The lowest BCUT2D eigenvalue weighted by atomic mass is 10.2. The van der Waals surface area contributed by atoms with Gasteiger partial charge in [-0.05, 0) is 42.5 Å². The molecule has 1 aliphatic heterocycles. The molecule has 1 saturated heterocycles. The van der Waals surface area contributed by atoms with Gasteiger partial charge in [0.25, 0.3) is 5.56 Å². The summed E-state index contributed by atoms with van der Waals surface area (Å²) in [7, 11) is 0. The van der Waals surface area contributed by atoms with Gasteiger partial charge in [0.2, 0.25) is 0 Å². The maximum absolute atomic E-state index is 12.2. The van der Waals surface area contributed by atoms with Gasteiger partial charge in [-0.3, -0.25) is 9.69 Å². The molecule has 1 aliphatic carbocycles. The minimum atomic E-state index is 0.155. The topological polar surface area (TPSA) is 28.5 Å². The molecule has 0 amide bonds. The average molecular weight is 323 g/mol. The van der Waals surface area contributed by atoms with Crippen LogP contribution in [0.1, 0.15) is 18.4 Å². The minimum Gasteiger partial charge on any atom is -0.369 e. The Kier molecular flexibility index (Phi) is 4.39. The van der Waals surface area contributed by atoms with E-state index in [0.717, 1.165) is 50.7 Å². The normalized spacial score (nSPS) is 18.8. The number of piperazine rings is 1. The third kappa shape index (κ3) is 3.70. The second-order valence-electron chi connectivity index (χ2n) is 7.07. The summed E-state index contributed by atoms with van der Waals surface area (Å²) < 4.78 is 1.87. The van der Waals surface area contributed by atoms with Gasteiger partial charge in [0.15, 0.2) is 0 Å². The predicted molar refractivity (Wildman–Crippen MR) is 97.4 cm³/mol. The lowest BCUT2D eigenvalue weighted by molar-refractivity contribution is 0.249. The molecule has 0 atom stereocenters. The fraction of sp³-hybridized carbons (Fsp3) is 0.450. The van der Waals surface area contributed by atoms with Crippen LogP contribution in [0.3, 0.4) is 0 Å². The van der Waals surface area contributed by atoms with Crippen LogP contribution in [0.2, 0.25) is 0 Å². The van der Waals surface area contributed by atoms with Crippen molar-refractivity contribution < 1.29 is 0 Å². The van der Waals surface area contributed by atoms with Crippen LogP contribution in [0.25, 0.3) is 0 Å². The summed E-state index contributed by atoms with van der Waals surface area (Å²) in [4.78, 5) is 17.1. The third-order valence-corrected chi connectivity index (χ3v) is 5.11. The van der Waals surface area contributed by atoms with Crippen LogP contribution in [0.15, 0.2) is 53.5 Å². The quantitative estimate of drug-likeness (QED) is 0.847. The van der Waals surface area contributed by atoms with Gasteiger partial charge in [0.05, 0.1) is 0 Å². The molecule has 0 radical (unpaired) electrons. The van der Waals surface area contributed by atoms with Crippen LogP contribution in [0.5, 0.6) is 0 Å². The van der Waals surface area contributed by atoms with Crippen LogP contribution in [-0.2, 0) is 13.1 Å². The number of para-hydroxylation sites is 1. The molecule has 0 N–H and O–H groups in total. The van der Waals surface area contributed by atoms with E-state index in [1.165, 1.54) is 18.5 Å². The smallest absolute Gasteiger partial charge is 0.250 e. The summed E-state index contributed by atoms with van der Waals surface area (Å²) in [6, 6.07) is 14.5. The van der Waals surface area contributed by atoms with Gasteiger partial charge in [0, 0.05) is 57.2 Å². The van der Waals surface area contributed by atoms with Gasteiger partial charge in [-0.2, -0.15) is 0 Å². The molecule has 1 aromatic carbocycles. The highest BCUT2D eigenvalue weighted by atomic mass is 16.1. The molecule has 2 heterocycles. The molecule has 2 aromatic rings. The van der Waals surface area contributed by atoms with Crippen LogP contribution in [0, 0.1) is 5.92 Å². The fourth-order valence-electron chi connectivity index (χ4n) is 3.44. The molecule has 126 valence electrons. The molecule has 4 heteroatoms. The second-order valence-corrected chi connectivity index (χ2v) is 7.07. The molecule has 2 aliphatic rings. The van der Waals surface area contributed by atoms with E-state index in [2.05, 4.69) is 46.2 Å². The van der Waals surface area contributed by atoms with E-state index in [4.69, 9.17) is 0 Å². The second kappa shape index (κ2) is 6.81. The van der Waals surface area contributed by atoms with Gasteiger partial charge in [-0.25, -0.2) is 0 Å². The molecule has 1 aromatic heterocycles. The molecule has 1 saturated carbocycles. The van der Waals surface area contributed by atoms with Crippen LogP contribution < -0.4 is 10.5 Å². The highest BCUT2D eigenvalue weighted by Gasteiger charge is 2.22. The summed E-state index contributed by atoms with van der Waals surface area (Å²) in [5.41, 5.74) is 2.60. The Morgan fingerprint density at radius 3 is 2.38 bits per heavy atom. The molecule has 24 heavy (non-hydrogen) atoms. The highest BCUT2D eigenvalue weighted by Crippen LogP contribution is 2.30. The summed E-state index contributed by atoms with van der Waals surface area (Å²) in [6.07, 6.45) is 4.54. The van der Waals surface area contributed by atoms with Crippen molar-refractivity contribution in [1.82, 2.24) is 9.47 Å². The van der Waals surface area contributed by atoms with E-state index < -0.39 is 0 Å². The van der Waals surface area contributed by atoms with Crippen LogP contribution in [-0.4, -0.2) is 35.6 Å². The van der Waals surface area contributed by atoms with Crippen molar-refractivity contribution in [3.05, 3.63) is 64.6 Å². The highest BCUT2D eigenvalue weighted by molar-refractivity contribution is 5.46. The van der Waals surface area contributed by atoms with Crippen molar-refractivity contribution in [3.63, 3.8) is 0 Å². The number of hydrogen-bond acceptors (Lipinski definition) is 3. The van der Waals surface area contributed by atoms with Crippen molar-refractivity contribution in [2.75, 3.05) is 31.1 Å². The first kappa shape index (κ1) is 15.5. The van der Waals surface area contributed by atoms with Crippen molar-refractivity contribution >= 4 is 5.69 Å².